The maximum absolute atomic E-state index is 12.9. The molecule has 158 valence electrons. The molecule has 1 N–H and O–H groups in total. The normalized spacial score (nSPS) is 17.5. The Hall–Kier alpha value is -2.66. The van der Waals surface area contributed by atoms with Gasteiger partial charge in [0.05, 0.1) is 23.5 Å². The second-order valence-corrected chi connectivity index (χ2v) is 8.60. The van der Waals surface area contributed by atoms with Gasteiger partial charge in [-0.15, -0.1) is 0 Å². The van der Waals surface area contributed by atoms with E-state index in [1.807, 2.05) is 18.2 Å². The highest BCUT2D eigenvalue weighted by Crippen LogP contribution is 2.23. The van der Waals surface area contributed by atoms with Crippen molar-refractivity contribution in [2.24, 2.45) is 5.92 Å². The minimum absolute atomic E-state index is 0.0166. The van der Waals surface area contributed by atoms with Crippen molar-refractivity contribution in [1.82, 2.24) is 14.5 Å². The molecule has 1 fully saturated rings. The fourth-order valence-corrected chi connectivity index (χ4v) is 4.41. The summed E-state index contributed by atoms with van der Waals surface area (Å²) in [4.78, 5) is 20.1. The number of hydrogen-bond donors (Lipinski definition) is 1. The smallest absolute Gasteiger partial charge is 0.228 e. The summed E-state index contributed by atoms with van der Waals surface area (Å²) in [5.41, 5.74) is 4.40. The summed E-state index contributed by atoms with van der Waals surface area (Å²) in [6, 6.07) is 16.5. The number of aryl methyl sites for hydroxylation is 1. The quantitative estimate of drug-likeness (QED) is 0.627. The van der Waals surface area contributed by atoms with Crippen LogP contribution >= 0.6 is 0 Å². The van der Waals surface area contributed by atoms with Gasteiger partial charge in [0.25, 0.3) is 0 Å². The van der Waals surface area contributed by atoms with E-state index in [9.17, 15) is 4.79 Å². The predicted octanol–water partition coefficient (Wildman–Crippen LogP) is 5.03. The molecule has 0 radical (unpaired) electrons. The molecule has 1 aliphatic heterocycles. The fraction of sp³-hybridized carbons (Fsp3) is 0.440. The third-order valence-electron chi connectivity index (χ3n) is 6.14. The summed E-state index contributed by atoms with van der Waals surface area (Å²) in [5.74, 6) is 1.72. The predicted molar refractivity (Wildman–Crippen MR) is 123 cm³/mol. The van der Waals surface area contributed by atoms with Gasteiger partial charge in [-0.05, 0) is 62.1 Å². The van der Waals surface area contributed by atoms with Crippen molar-refractivity contribution in [1.29, 1.82) is 0 Å². The summed E-state index contributed by atoms with van der Waals surface area (Å²) < 4.78 is 2.29. The van der Waals surface area contributed by atoms with Crippen LogP contribution in [-0.2, 0) is 17.9 Å². The number of aromatic nitrogens is 2. The number of likely N-dealkylation sites (tertiary alicyclic amines) is 1. The van der Waals surface area contributed by atoms with E-state index in [0.717, 1.165) is 56.0 Å². The van der Waals surface area contributed by atoms with E-state index in [0.29, 0.717) is 5.92 Å². The Morgan fingerprint density at radius 3 is 2.67 bits per heavy atom. The van der Waals surface area contributed by atoms with Gasteiger partial charge >= 0.3 is 0 Å². The van der Waals surface area contributed by atoms with E-state index in [2.05, 4.69) is 65.9 Å². The van der Waals surface area contributed by atoms with Crippen LogP contribution in [-0.4, -0.2) is 33.4 Å². The van der Waals surface area contributed by atoms with Crippen LogP contribution in [0.25, 0.3) is 11.0 Å². The molecule has 0 bridgehead atoms. The van der Waals surface area contributed by atoms with E-state index in [4.69, 9.17) is 4.98 Å². The Morgan fingerprint density at radius 1 is 1.17 bits per heavy atom. The van der Waals surface area contributed by atoms with Crippen molar-refractivity contribution in [3.63, 3.8) is 0 Å². The summed E-state index contributed by atoms with van der Waals surface area (Å²) in [5, 5.41) is 3.12. The monoisotopic (exact) mass is 404 g/mol. The number of benzene rings is 2. The summed E-state index contributed by atoms with van der Waals surface area (Å²) >= 11 is 0. The molecule has 1 aliphatic rings. The second kappa shape index (κ2) is 9.00. The number of para-hydroxylation sites is 2. The molecule has 5 nitrogen and oxygen atoms in total. The van der Waals surface area contributed by atoms with Crippen LogP contribution in [0.3, 0.4) is 0 Å². The first kappa shape index (κ1) is 20.6. The van der Waals surface area contributed by atoms with E-state index < -0.39 is 0 Å². The van der Waals surface area contributed by atoms with E-state index >= 15 is 0 Å². The van der Waals surface area contributed by atoms with Crippen molar-refractivity contribution in [2.75, 3.05) is 18.4 Å². The van der Waals surface area contributed by atoms with Crippen LogP contribution in [0.1, 0.15) is 50.9 Å². The Kier molecular flexibility index (Phi) is 6.18. The minimum atomic E-state index is 0.0166. The Morgan fingerprint density at radius 2 is 1.93 bits per heavy atom. The number of hydrogen-bond acceptors (Lipinski definition) is 3. The molecule has 0 aliphatic carbocycles. The molecule has 0 spiro atoms. The summed E-state index contributed by atoms with van der Waals surface area (Å²) in [6.45, 7) is 10.0. The molecule has 5 heteroatoms. The standard InChI is InChI=1S/C25H32N4O/c1-4-29-23-10-6-5-9-22(23)27-24(29)17-28-15-7-8-20(16-28)25(30)26-21-13-11-19(12-14-21)18(2)3/h5-6,9-14,18,20H,4,7-8,15-17H2,1-3H3,(H,26,30)/t20-/m1/s1. The number of rotatable bonds is 6. The largest absolute Gasteiger partial charge is 0.327 e. The molecule has 0 unspecified atom stereocenters. The summed E-state index contributed by atoms with van der Waals surface area (Å²) in [6.07, 6.45) is 1.98. The SMILES string of the molecule is CCn1c(CN2CCC[C@@H](C(=O)Nc3ccc(C(C)C)cc3)C2)nc2ccccc21. The molecule has 30 heavy (non-hydrogen) atoms. The number of nitrogens with one attached hydrogen (secondary N) is 1. The van der Waals surface area contributed by atoms with Gasteiger partial charge in [-0.1, -0.05) is 38.1 Å². The van der Waals surface area contributed by atoms with E-state index in [1.54, 1.807) is 0 Å². The van der Waals surface area contributed by atoms with Crippen LogP contribution in [0.4, 0.5) is 5.69 Å². The molecule has 1 aromatic heterocycles. The van der Waals surface area contributed by atoms with Gasteiger partial charge in [0, 0.05) is 18.8 Å². The average molecular weight is 405 g/mol. The van der Waals surface area contributed by atoms with Gasteiger partial charge in [0.1, 0.15) is 5.82 Å². The first-order chi connectivity index (χ1) is 14.5. The lowest BCUT2D eigenvalue weighted by atomic mass is 9.97. The van der Waals surface area contributed by atoms with Gasteiger partial charge in [-0.2, -0.15) is 0 Å². The highest BCUT2D eigenvalue weighted by atomic mass is 16.1. The van der Waals surface area contributed by atoms with Crippen molar-refractivity contribution in [3.05, 3.63) is 59.9 Å². The zero-order chi connectivity index (χ0) is 21.1. The van der Waals surface area contributed by atoms with Crippen LogP contribution in [0.2, 0.25) is 0 Å². The van der Waals surface area contributed by atoms with E-state index in [1.165, 1.54) is 11.1 Å². The van der Waals surface area contributed by atoms with Gasteiger partial charge in [-0.3, -0.25) is 9.69 Å². The third kappa shape index (κ3) is 4.41. The molecule has 0 saturated carbocycles. The molecule has 1 saturated heterocycles. The lowest BCUT2D eigenvalue weighted by Crippen LogP contribution is -2.40. The molecular formula is C25H32N4O. The topological polar surface area (TPSA) is 50.2 Å². The second-order valence-electron chi connectivity index (χ2n) is 8.60. The first-order valence-corrected chi connectivity index (χ1v) is 11.1. The fourth-order valence-electron chi connectivity index (χ4n) is 4.41. The average Bonchev–Trinajstić information content (AvgIpc) is 3.11. The third-order valence-corrected chi connectivity index (χ3v) is 6.14. The maximum atomic E-state index is 12.9. The molecule has 2 aromatic carbocycles. The number of imidazole rings is 1. The number of amides is 1. The van der Waals surface area contributed by atoms with Crippen molar-refractivity contribution < 1.29 is 4.79 Å². The van der Waals surface area contributed by atoms with Crippen LogP contribution in [0, 0.1) is 5.92 Å². The van der Waals surface area contributed by atoms with Gasteiger partial charge in [0.2, 0.25) is 5.91 Å². The lowest BCUT2D eigenvalue weighted by molar-refractivity contribution is -0.121. The van der Waals surface area contributed by atoms with Crippen LogP contribution in [0.5, 0.6) is 0 Å². The van der Waals surface area contributed by atoms with Gasteiger partial charge < -0.3 is 9.88 Å². The number of carbonyl (C=O) groups excluding carboxylic acids is 1. The lowest BCUT2D eigenvalue weighted by Gasteiger charge is -2.31. The maximum Gasteiger partial charge on any atom is 0.228 e. The van der Waals surface area contributed by atoms with Crippen molar-refractivity contribution in [2.45, 2.75) is 52.6 Å². The van der Waals surface area contributed by atoms with Gasteiger partial charge in [0.15, 0.2) is 0 Å². The molecule has 1 amide bonds. The molecule has 1 atom stereocenters. The number of piperidine rings is 1. The zero-order valence-corrected chi connectivity index (χ0v) is 18.3. The first-order valence-electron chi connectivity index (χ1n) is 11.1. The Labute approximate surface area is 179 Å². The molecule has 4 rings (SSSR count). The minimum Gasteiger partial charge on any atom is -0.327 e. The van der Waals surface area contributed by atoms with Crippen molar-refractivity contribution >= 4 is 22.6 Å². The highest BCUT2D eigenvalue weighted by molar-refractivity contribution is 5.92. The number of anilines is 1. The highest BCUT2D eigenvalue weighted by Gasteiger charge is 2.27. The number of carbonyl (C=O) groups is 1. The molecular weight excluding hydrogens is 372 g/mol. The van der Waals surface area contributed by atoms with Crippen molar-refractivity contribution in [3.8, 4) is 0 Å². The molecule has 2 heterocycles. The number of fused-ring (bicyclic) bond motifs is 1. The van der Waals surface area contributed by atoms with Gasteiger partial charge in [-0.25, -0.2) is 4.98 Å². The summed E-state index contributed by atoms with van der Waals surface area (Å²) in [7, 11) is 0. The zero-order valence-electron chi connectivity index (χ0n) is 18.3. The van der Waals surface area contributed by atoms with E-state index in [-0.39, 0.29) is 11.8 Å². The van der Waals surface area contributed by atoms with Crippen LogP contribution < -0.4 is 5.32 Å². The molecule has 3 aromatic rings. The Bertz CT molecular complexity index is 1010. The Balaban J connectivity index is 1.41. The van der Waals surface area contributed by atoms with Crippen LogP contribution in [0.15, 0.2) is 48.5 Å². The number of nitrogens with zero attached hydrogens (tertiary/aromatic N) is 3.